The zero-order valence-electron chi connectivity index (χ0n) is 13.7. The monoisotopic (exact) mass is 371 g/mol. The molecule has 1 aliphatic heterocycles. The van der Waals surface area contributed by atoms with Crippen LogP contribution in [0.2, 0.25) is 0 Å². The van der Waals surface area contributed by atoms with E-state index in [2.05, 4.69) is 21.9 Å². The lowest BCUT2D eigenvalue weighted by Crippen LogP contribution is -2.48. The number of nitrogens with zero attached hydrogens (tertiary/aromatic N) is 1. The second-order valence-electron chi connectivity index (χ2n) is 5.97. The number of rotatable bonds is 4. The molecule has 2 N–H and O–H groups in total. The second kappa shape index (κ2) is 7.65. The number of halogens is 1. The van der Waals surface area contributed by atoms with Crippen molar-refractivity contribution in [3.05, 3.63) is 36.4 Å². The third kappa shape index (κ3) is 4.16. The van der Waals surface area contributed by atoms with Gasteiger partial charge in [-0.25, -0.2) is 18.1 Å². The first-order valence-corrected chi connectivity index (χ1v) is 9.19. The first kappa shape index (κ1) is 18.9. The summed E-state index contributed by atoms with van der Waals surface area (Å²) in [6, 6.07) is 6.68. The van der Waals surface area contributed by atoms with Gasteiger partial charge in [-0.05, 0) is 37.6 Å². The molecule has 0 saturated carbocycles. The van der Waals surface area contributed by atoms with Gasteiger partial charge in [0.15, 0.2) is 5.89 Å². The molecule has 3 rings (SSSR count). The van der Waals surface area contributed by atoms with Crippen LogP contribution in [0.25, 0.3) is 11.3 Å². The fourth-order valence-electron chi connectivity index (χ4n) is 2.76. The predicted octanol–water partition coefficient (Wildman–Crippen LogP) is 2.35. The maximum Gasteiger partial charge on any atom is 0.240 e. The molecule has 2 atom stereocenters. The van der Waals surface area contributed by atoms with Gasteiger partial charge in [-0.3, -0.25) is 0 Å². The van der Waals surface area contributed by atoms with E-state index in [1.54, 1.807) is 37.5 Å². The molecule has 0 amide bonds. The summed E-state index contributed by atoms with van der Waals surface area (Å²) < 4.78 is 33.1. The van der Waals surface area contributed by atoms with E-state index in [-0.39, 0.29) is 29.3 Å². The Morgan fingerprint density at radius 3 is 2.58 bits per heavy atom. The minimum atomic E-state index is -3.51. The average molecular weight is 372 g/mol. The molecule has 1 aliphatic rings. The second-order valence-corrected chi connectivity index (χ2v) is 7.69. The van der Waals surface area contributed by atoms with Gasteiger partial charge >= 0.3 is 0 Å². The molecule has 132 valence electrons. The summed E-state index contributed by atoms with van der Waals surface area (Å²) in [5.41, 5.74) is 1.53. The largest absolute Gasteiger partial charge is 0.449 e. The summed E-state index contributed by atoms with van der Waals surface area (Å²) in [4.78, 5) is 4.51. The van der Waals surface area contributed by atoms with Crippen molar-refractivity contribution in [3.8, 4) is 11.3 Å². The zero-order valence-corrected chi connectivity index (χ0v) is 15.3. The molecule has 24 heavy (non-hydrogen) atoms. The number of oxazole rings is 1. The number of nitrogens with one attached hydrogen (secondary N) is 2. The molecule has 0 bridgehead atoms. The van der Waals surface area contributed by atoms with E-state index in [4.69, 9.17) is 4.42 Å². The number of sulfonamides is 1. The molecular formula is C16H22ClN3O3S. The van der Waals surface area contributed by atoms with Crippen molar-refractivity contribution < 1.29 is 12.8 Å². The van der Waals surface area contributed by atoms with Crippen molar-refractivity contribution in [2.24, 2.45) is 5.92 Å². The topological polar surface area (TPSA) is 84.2 Å². The Morgan fingerprint density at radius 2 is 2.00 bits per heavy atom. The minimum absolute atomic E-state index is 0. The molecule has 2 heterocycles. The number of piperidine rings is 1. The molecule has 2 aromatic rings. The van der Waals surface area contributed by atoms with Crippen LogP contribution in [0.4, 0.5) is 0 Å². The van der Waals surface area contributed by atoms with Gasteiger partial charge in [0.05, 0.1) is 4.90 Å². The lowest BCUT2D eigenvalue weighted by atomic mass is 9.97. The Bertz CT molecular complexity index is 774. The summed E-state index contributed by atoms with van der Waals surface area (Å²) in [7, 11) is -3.51. The van der Waals surface area contributed by atoms with Crippen molar-refractivity contribution in [1.82, 2.24) is 15.0 Å². The summed E-state index contributed by atoms with van der Waals surface area (Å²) in [6.07, 6.45) is 2.37. The highest BCUT2D eigenvalue weighted by atomic mass is 35.5. The van der Waals surface area contributed by atoms with Crippen molar-refractivity contribution in [3.63, 3.8) is 0 Å². The van der Waals surface area contributed by atoms with Crippen molar-refractivity contribution >= 4 is 22.4 Å². The number of aromatic nitrogens is 1. The van der Waals surface area contributed by atoms with Gasteiger partial charge in [0, 0.05) is 18.5 Å². The molecular weight excluding hydrogens is 350 g/mol. The fraction of sp³-hybridized carbons (Fsp3) is 0.438. The van der Waals surface area contributed by atoms with Crippen molar-refractivity contribution in [1.29, 1.82) is 0 Å². The highest BCUT2D eigenvalue weighted by Crippen LogP contribution is 2.21. The lowest BCUT2D eigenvalue weighted by molar-refractivity contribution is 0.328. The van der Waals surface area contributed by atoms with E-state index in [0.717, 1.165) is 25.1 Å². The molecule has 2 unspecified atom stereocenters. The highest BCUT2D eigenvalue weighted by molar-refractivity contribution is 7.89. The van der Waals surface area contributed by atoms with Crippen LogP contribution in [-0.2, 0) is 10.0 Å². The number of benzene rings is 1. The first-order valence-electron chi connectivity index (χ1n) is 7.71. The SMILES string of the molecule is Cc1nc(-c2ccc(S(=O)(=O)NC3CCNCC3C)cc2)co1.Cl. The number of aryl methyl sites for hydroxylation is 1. The molecule has 1 aromatic carbocycles. The van der Waals surface area contributed by atoms with Crippen LogP contribution in [0, 0.1) is 12.8 Å². The average Bonchev–Trinajstić information content (AvgIpc) is 2.96. The smallest absolute Gasteiger partial charge is 0.240 e. The van der Waals surface area contributed by atoms with Gasteiger partial charge in [0.25, 0.3) is 0 Å². The maximum atomic E-state index is 12.5. The normalized spacial score (nSPS) is 21.2. The Balaban J connectivity index is 0.00000208. The quantitative estimate of drug-likeness (QED) is 0.861. The third-order valence-electron chi connectivity index (χ3n) is 4.17. The zero-order chi connectivity index (χ0) is 16.4. The Kier molecular flexibility index (Phi) is 6.03. The van der Waals surface area contributed by atoms with Gasteiger partial charge in [0.2, 0.25) is 10.0 Å². The van der Waals surface area contributed by atoms with Crippen LogP contribution in [0.3, 0.4) is 0 Å². The molecule has 1 saturated heterocycles. The van der Waals surface area contributed by atoms with Crippen molar-refractivity contribution in [2.45, 2.75) is 31.2 Å². The summed E-state index contributed by atoms with van der Waals surface area (Å²) >= 11 is 0. The predicted molar refractivity (Wildman–Crippen MR) is 94.7 cm³/mol. The summed E-state index contributed by atoms with van der Waals surface area (Å²) in [5, 5.41) is 3.27. The van der Waals surface area contributed by atoms with Crippen LogP contribution >= 0.6 is 12.4 Å². The van der Waals surface area contributed by atoms with Crippen LogP contribution in [0.15, 0.2) is 39.8 Å². The lowest BCUT2D eigenvalue weighted by Gasteiger charge is -2.29. The van der Waals surface area contributed by atoms with E-state index >= 15 is 0 Å². The first-order chi connectivity index (χ1) is 11.0. The Labute approximate surface area is 148 Å². The van der Waals surface area contributed by atoms with Crippen LogP contribution < -0.4 is 10.0 Å². The van der Waals surface area contributed by atoms with Crippen LogP contribution in [0.1, 0.15) is 19.2 Å². The maximum absolute atomic E-state index is 12.5. The van der Waals surface area contributed by atoms with E-state index < -0.39 is 10.0 Å². The van der Waals surface area contributed by atoms with Gasteiger partial charge in [-0.1, -0.05) is 19.1 Å². The van der Waals surface area contributed by atoms with Gasteiger partial charge in [0.1, 0.15) is 12.0 Å². The van der Waals surface area contributed by atoms with E-state index in [1.165, 1.54) is 0 Å². The van der Waals surface area contributed by atoms with E-state index in [0.29, 0.717) is 11.6 Å². The van der Waals surface area contributed by atoms with Gasteiger partial charge in [-0.15, -0.1) is 12.4 Å². The fourth-order valence-corrected chi connectivity index (χ4v) is 4.14. The van der Waals surface area contributed by atoms with Gasteiger partial charge < -0.3 is 9.73 Å². The minimum Gasteiger partial charge on any atom is -0.449 e. The van der Waals surface area contributed by atoms with Crippen LogP contribution in [0.5, 0.6) is 0 Å². The van der Waals surface area contributed by atoms with Crippen LogP contribution in [-0.4, -0.2) is 32.5 Å². The summed E-state index contributed by atoms with van der Waals surface area (Å²) in [5.74, 6) is 0.856. The van der Waals surface area contributed by atoms with Crippen molar-refractivity contribution in [2.75, 3.05) is 13.1 Å². The molecule has 0 aliphatic carbocycles. The standard InChI is InChI=1S/C16H21N3O3S.ClH/c1-11-9-17-8-7-15(11)19-23(20,21)14-5-3-13(4-6-14)16-10-22-12(2)18-16;/h3-6,10-11,15,17,19H,7-9H2,1-2H3;1H. The number of hydrogen-bond acceptors (Lipinski definition) is 5. The molecule has 1 aromatic heterocycles. The molecule has 8 heteroatoms. The molecule has 0 spiro atoms. The van der Waals surface area contributed by atoms with E-state index in [1.807, 2.05) is 0 Å². The number of hydrogen-bond donors (Lipinski definition) is 2. The molecule has 1 fully saturated rings. The summed E-state index contributed by atoms with van der Waals surface area (Å²) in [6.45, 7) is 5.49. The van der Waals surface area contributed by atoms with Gasteiger partial charge in [-0.2, -0.15) is 0 Å². The van der Waals surface area contributed by atoms with E-state index in [9.17, 15) is 8.42 Å². The molecule has 0 radical (unpaired) electrons. The Hall–Kier alpha value is -1.41. The molecule has 6 nitrogen and oxygen atoms in total. The Morgan fingerprint density at radius 1 is 1.29 bits per heavy atom. The third-order valence-corrected chi connectivity index (χ3v) is 5.68. The highest BCUT2D eigenvalue weighted by Gasteiger charge is 2.26.